The fourth-order valence-corrected chi connectivity index (χ4v) is 3.87. The standard InChI is InChI=1S/C22H25N3O6/c26-17-5-2-15(3-6-17)24-19-7-4-16(25(28)29)12-18(19)22(27)23-13-14-1-8-20-21(11-14)31-10-9-30-20/h1,4,7-8,11-12,15,17,24,26H,2-3,5-6,9-10,13H2,(H,23,27). The molecule has 0 saturated heterocycles. The summed E-state index contributed by atoms with van der Waals surface area (Å²) in [6.45, 7) is 1.22. The minimum absolute atomic E-state index is 0.106. The van der Waals surface area contributed by atoms with Crippen molar-refractivity contribution in [1.29, 1.82) is 0 Å². The van der Waals surface area contributed by atoms with E-state index < -0.39 is 10.8 Å². The van der Waals surface area contributed by atoms with E-state index in [1.807, 2.05) is 12.1 Å². The highest BCUT2D eigenvalue weighted by Gasteiger charge is 2.23. The lowest BCUT2D eigenvalue weighted by atomic mass is 9.92. The third-order valence-electron chi connectivity index (χ3n) is 5.57. The molecule has 1 fully saturated rings. The van der Waals surface area contributed by atoms with E-state index in [2.05, 4.69) is 10.6 Å². The van der Waals surface area contributed by atoms with Crippen LogP contribution in [0.15, 0.2) is 36.4 Å². The van der Waals surface area contributed by atoms with Crippen LogP contribution in [-0.2, 0) is 6.54 Å². The molecule has 4 rings (SSSR count). The van der Waals surface area contributed by atoms with E-state index in [1.54, 1.807) is 12.1 Å². The highest BCUT2D eigenvalue weighted by Crippen LogP contribution is 2.31. The maximum Gasteiger partial charge on any atom is 0.270 e. The lowest BCUT2D eigenvalue weighted by molar-refractivity contribution is -0.384. The fourth-order valence-electron chi connectivity index (χ4n) is 3.87. The molecule has 1 aliphatic carbocycles. The zero-order chi connectivity index (χ0) is 21.8. The molecule has 0 radical (unpaired) electrons. The largest absolute Gasteiger partial charge is 0.486 e. The zero-order valence-corrected chi connectivity index (χ0v) is 17.0. The zero-order valence-electron chi connectivity index (χ0n) is 17.0. The van der Waals surface area contributed by atoms with Crippen LogP contribution in [0.4, 0.5) is 11.4 Å². The number of ether oxygens (including phenoxy) is 2. The van der Waals surface area contributed by atoms with Gasteiger partial charge >= 0.3 is 0 Å². The van der Waals surface area contributed by atoms with Crippen molar-refractivity contribution in [2.45, 2.75) is 44.4 Å². The number of amides is 1. The van der Waals surface area contributed by atoms with Crippen LogP contribution in [0.1, 0.15) is 41.6 Å². The van der Waals surface area contributed by atoms with Crippen LogP contribution in [-0.4, -0.2) is 41.3 Å². The van der Waals surface area contributed by atoms with Crippen molar-refractivity contribution in [3.8, 4) is 11.5 Å². The summed E-state index contributed by atoms with van der Waals surface area (Å²) in [5.41, 5.74) is 1.46. The molecule has 1 amide bonds. The van der Waals surface area contributed by atoms with Gasteiger partial charge in [-0.1, -0.05) is 6.07 Å². The van der Waals surface area contributed by atoms with Crippen molar-refractivity contribution in [2.24, 2.45) is 0 Å². The second-order valence-corrected chi connectivity index (χ2v) is 7.80. The first-order chi connectivity index (χ1) is 15.0. The van der Waals surface area contributed by atoms with Crippen molar-refractivity contribution < 1.29 is 24.3 Å². The number of nitro groups is 1. The van der Waals surface area contributed by atoms with Gasteiger partial charge in [0, 0.05) is 30.4 Å². The first-order valence-electron chi connectivity index (χ1n) is 10.4. The Hall–Kier alpha value is -3.33. The second-order valence-electron chi connectivity index (χ2n) is 7.80. The first-order valence-corrected chi connectivity index (χ1v) is 10.4. The maximum atomic E-state index is 12.9. The molecule has 9 nitrogen and oxygen atoms in total. The van der Waals surface area contributed by atoms with E-state index in [4.69, 9.17) is 9.47 Å². The van der Waals surface area contributed by atoms with Crippen LogP contribution in [0.2, 0.25) is 0 Å². The number of carbonyl (C=O) groups excluding carboxylic acids is 1. The van der Waals surface area contributed by atoms with Gasteiger partial charge in [-0.2, -0.15) is 0 Å². The Kier molecular flexibility index (Phi) is 6.22. The third-order valence-corrected chi connectivity index (χ3v) is 5.57. The molecule has 31 heavy (non-hydrogen) atoms. The number of aliphatic hydroxyl groups excluding tert-OH is 1. The Bertz CT molecular complexity index is 972. The first kappa shape index (κ1) is 20.9. The van der Waals surface area contributed by atoms with Crippen LogP contribution in [0, 0.1) is 10.1 Å². The van der Waals surface area contributed by atoms with Gasteiger partial charge in [0.05, 0.1) is 16.6 Å². The number of non-ortho nitro benzene ring substituents is 1. The molecule has 1 heterocycles. The number of benzene rings is 2. The molecule has 0 spiro atoms. The molecule has 1 aliphatic heterocycles. The monoisotopic (exact) mass is 427 g/mol. The minimum Gasteiger partial charge on any atom is -0.486 e. The van der Waals surface area contributed by atoms with Crippen LogP contribution in [0.5, 0.6) is 11.5 Å². The molecular formula is C22H25N3O6. The average molecular weight is 427 g/mol. The summed E-state index contributed by atoms with van der Waals surface area (Å²) in [6.07, 6.45) is 2.64. The molecule has 164 valence electrons. The van der Waals surface area contributed by atoms with Crippen molar-refractivity contribution in [3.63, 3.8) is 0 Å². The number of carbonyl (C=O) groups is 1. The fraction of sp³-hybridized carbons (Fsp3) is 0.409. The number of rotatable bonds is 6. The number of hydrogen-bond donors (Lipinski definition) is 3. The van der Waals surface area contributed by atoms with E-state index in [0.717, 1.165) is 18.4 Å². The van der Waals surface area contributed by atoms with Crippen LogP contribution < -0.4 is 20.1 Å². The summed E-state index contributed by atoms with van der Waals surface area (Å²) < 4.78 is 11.1. The molecule has 3 N–H and O–H groups in total. The number of hydrogen-bond acceptors (Lipinski definition) is 7. The number of nitrogens with zero attached hydrogens (tertiary/aromatic N) is 1. The van der Waals surface area contributed by atoms with Gasteiger partial charge in [0.25, 0.3) is 11.6 Å². The highest BCUT2D eigenvalue weighted by atomic mass is 16.6. The quantitative estimate of drug-likeness (QED) is 0.478. The van der Waals surface area contributed by atoms with E-state index in [0.29, 0.717) is 43.2 Å². The van der Waals surface area contributed by atoms with Gasteiger partial charge in [-0.05, 0) is 49.4 Å². The van der Waals surface area contributed by atoms with Gasteiger partial charge in [-0.25, -0.2) is 0 Å². The van der Waals surface area contributed by atoms with Crippen molar-refractivity contribution >= 4 is 17.3 Å². The van der Waals surface area contributed by atoms with Gasteiger partial charge in [-0.15, -0.1) is 0 Å². The molecule has 2 aromatic rings. The highest BCUT2D eigenvalue weighted by molar-refractivity contribution is 6.00. The molecule has 1 saturated carbocycles. The normalized spacial score (nSPS) is 20.0. The van der Waals surface area contributed by atoms with Gasteiger partial charge in [0.2, 0.25) is 0 Å². The molecule has 0 bridgehead atoms. The SMILES string of the molecule is O=C(NCc1ccc2c(c1)OCCO2)c1cc([N+](=O)[O-])ccc1NC1CCC(O)CC1. The van der Waals surface area contributed by atoms with Crippen LogP contribution in [0.25, 0.3) is 0 Å². The predicted octanol–water partition coefficient (Wildman–Crippen LogP) is 3.01. The minimum atomic E-state index is -0.516. The van der Waals surface area contributed by atoms with Crippen molar-refractivity contribution in [3.05, 3.63) is 57.6 Å². The number of anilines is 1. The molecule has 2 aromatic carbocycles. The van der Waals surface area contributed by atoms with E-state index in [9.17, 15) is 20.0 Å². The lowest BCUT2D eigenvalue weighted by Crippen LogP contribution is -2.30. The van der Waals surface area contributed by atoms with Gasteiger partial charge < -0.3 is 25.2 Å². The smallest absolute Gasteiger partial charge is 0.270 e. The molecule has 0 atom stereocenters. The average Bonchev–Trinajstić information content (AvgIpc) is 2.79. The Labute approximate surface area is 179 Å². The molecule has 0 unspecified atom stereocenters. The van der Waals surface area contributed by atoms with Gasteiger partial charge in [0.1, 0.15) is 13.2 Å². The van der Waals surface area contributed by atoms with Crippen molar-refractivity contribution in [2.75, 3.05) is 18.5 Å². The lowest BCUT2D eigenvalue weighted by Gasteiger charge is -2.27. The predicted molar refractivity (Wildman–Crippen MR) is 114 cm³/mol. The Morgan fingerprint density at radius 2 is 1.81 bits per heavy atom. The summed E-state index contributed by atoms with van der Waals surface area (Å²) >= 11 is 0. The summed E-state index contributed by atoms with van der Waals surface area (Å²) in [5.74, 6) is 0.899. The number of fused-ring (bicyclic) bond motifs is 1. The van der Waals surface area contributed by atoms with Gasteiger partial charge in [0.15, 0.2) is 11.5 Å². The van der Waals surface area contributed by atoms with Gasteiger partial charge in [-0.3, -0.25) is 14.9 Å². The maximum absolute atomic E-state index is 12.9. The second kappa shape index (κ2) is 9.22. The summed E-state index contributed by atoms with van der Waals surface area (Å²) in [5, 5.41) is 27.1. The molecular weight excluding hydrogens is 402 g/mol. The topological polar surface area (TPSA) is 123 Å². The van der Waals surface area contributed by atoms with E-state index in [-0.39, 0.29) is 29.9 Å². The summed E-state index contributed by atoms with van der Waals surface area (Å²) in [7, 11) is 0. The van der Waals surface area contributed by atoms with Crippen LogP contribution in [0.3, 0.4) is 0 Å². The van der Waals surface area contributed by atoms with E-state index in [1.165, 1.54) is 12.1 Å². The number of nitro benzene ring substituents is 1. The van der Waals surface area contributed by atoms with Crippen LogP contribution >= 0.6 is 0 Å². The van der Waals surface area contributed by atoms with E-state index >= 15 is 0 Å². The van der Waals surface area contributed by atoms with Crippen molar-refractivity contribution in [1.82, 2.24) is 5.32 Å². The number of aliphatic hydroxyl groups is 1. The molecule has 2 aliphatic rings. The summed E-state index contributed by atoms with van der Waals surface area (Å²) in [6, 6.07) is 9.81. The Morgan fingerprint density at radius 3 is 2.55 bits per heavy atom. The summed E-state index contributed by atoms with van der Waals surface area (Å²) in [4.78, 5) is 23.6. The Balaban J connectivity index is 1.48. The number of nitrogens with one attached hydrogen (secondary N) is 2. The third kappa shape index (κ3) is 5.05. The molecule has 9 heteroatoms. The molecule has 0 aromatic heterocycles. The Morgan fingerprint density at radius 1 is 1.06 bits per heavy atom.